The molecule has 0 amide bonds. The van der Waals surface area contributed by atoms with Gasteiger partial charge >= 0.3 is 11.9 Å². The Morgan fingerprint density at radius 3 is 1.74 bits per heavy atom. The molecule has 0 heterocycles. The maximum Gasteiger partial charge on any atom is 0.311 e. The van der Waals surface area contributed by atoms with Gasteiger partial charge in [0.2, 0.25) is 0 Å². The Morgan fingerprint density at radius 2 is 1.32 bits per heavy atom. The van der Waals surface area contributed by atoms with Crippen molar-refractivity contribution >= 4 is 18.0 Å². The van der Waals surface area contributed by atoms with Crippen LogP contribution < -0.4 is 15.4 Å². The summed E-state index contributed by atoms with van der Waals surface area (Å²) in [5, 5.41) is 27.8. The third-order valence-electron chi connectivity index (χ3n) is 4.15. The van der Waals surface area contributed by atoms with Crippen LogP contribution in [0.15, 0.2) is 24.8 Å². The van der Waals surface area contributed by atoms with Crippen molar-refractivity contribution in [2.45, 2.75) is 26.7 Å². The summed E-state index contributed by atoms with van der Waals surface area (Å²) in [6, 6.07) is 3.84. The van der Waals surface area contributed by atoms with E-state index >= 15 is 0 Å². The van der Waals surface area contributed by atoms with E-state index in [9.17, 15) is 39.9 Å². The molecule has 0 saturated carbocycles. The van der Waals surface area contributed by atoms with E-state index in [0.717, 1.165) is 0 Å². The minimum absolute atomic E-state index is 0.0207. The second-order valence-electron chi connectivity index (χ2n) is 6.88. The van der Waals surface area contributed by atoms with Gasteiger partial charge < -0.3 is 28.8 Å². The van der Waals surface area contributed by atoms with Crippen LogP contribution in [0.3, 0.4) is 0 Å². The highest BCUT2D eigenvalue weighted by Gasteiger charge is 2.21. The van der Waals surface area contributed by atoms with Gasteiger partial charge in [-0.15, -0.1) is 30.3 Å². The van der Waals surface area contributed by atoms with Crippen LogP contribution in [0.4, 0.5) is 0 Å². The highest BCUT2D eigenvalue weighted by Crippen LogP contribution is 2.26. The molecule has 212 valence electrons. The molecule has 38 heavy (non-hydrogen) atoms. The molecule has 0 radical (unpaired) electrons. The number of benzene rings is 1. The van der Waals surface area contributed by atoms with E-state index < -0.39 is 65.3 Å². The lowest BCUT2D eigenvalue weighted by molar-refractivity contribution is -0.768. The number of hydrogen-bond acceptors (Lipinski definition) is 15. The quantitative estimate of drug-likeness (QED) is 0.119. The van der Waals surface area contributed by atoms with E-state index in [1.54, 1.807) is 0 Å². The molecule has 1 unspecified atom stereocenters. The van der Waals surface area contributed by atoms with Crippen molar-refractivity contribution in [3.8, 4) is 11.5 Å². The van der Waals surface area contributed by atoms with Crippen molar-refractivity contribution in [3.05, 3.63) is 60.7 Å². The number of carbonyl (C=O) groups is 2. The van der Waals surface area contributed by atoms with Gasteiger partial charge in [0, 0.05) is 17.4 Å². The predicted molar refractivity (Wildman–Crippen MR) is 124 cm³/mol. The van der Waals surface area contributed by atoms with E-state index in [4.69, 9.17) is 15.4 Å². The van der Waals surface area contributed by atoms with Crippen molar-refractivity contribution in [1.82, 2.24) is 0 Å². The van der Waals surface area contributed by atoms with E-state index in [1.165, 1.54) is 24.3 Å². The van der Waals surface area contributed by atoms with Gasteiger partial charge in [0.1, 0.15) is 31.3 Å². The summed E-state index contributed by atoms with van der Waals surface area (Å²) in [5.74, 6) is 1.42. The Balaban J connectivity index is 0.00000667. The monoisotopic (exact) mass is 548 g/mol. The van der Waals surface area contributed by atoms with Gasteiger partial charge in [-0.1, -0.05) is 26.5 Å². The molecule has 0 aliphatic carbocycles. The third kappa shape index (κ3) is 14.7. The standard InChI is InChI=1S/C18H22N4O14.C2H6/c1-2-14-7-15(35-17(23)6-13(10-33-21(27)28)11-34-22(29)30)3-4-16(14)36-18(24)5-12(8-31-19)9-32-20(25)26;1-2/h2-4,7,12-13H,1,5-6,8-11,19H2;1-2H3. The Bertz CT molecular complexity index is 940. The molecule has 2 N–H and O–H groups in total. The molecule has 18 nitrogen and oxygen atoms in total. The zero-order valence-electron chi connectivity index (χ0n) is 20.5. The molecule has 0 saturated heterocycles. The molecule has 0 aromatic heterocycles. The summed E-state index contributed by atoms with van der Waals surface area (Å²) in [7, 11) is 0. The number of nitrogens with zero attached hydrogens (tertiary/aromatic N) is 3. The molecule has 18 heteroatoms. The summed E-state index contributed by atoms with van der Waals surface area (Å²) in [4.78, 5) is 72.4. The molecule has 1 rings (SSSR count). The normalized spacial score (nSPS) is 10.7. The second-order valence-corrected chi connectivity index (χ2v) is 6.88. The minimum Gasteiger partial charge on any atom is -0.426 e. The Labute approximate surface area is 215 Å². The zero-order valence-corrected chi connectivity index (χ0v) is 20.5. The first-order valence-electron chi connectivity index (χ1n) is 10.8. The lowest BCUT2D eigenvalue weighted by Gasteiger charge is -2.15. The van der Waals surface area contributed by atoms with Gasteiger partial charge in [-0.3, -0.25) is 9.59 Å². The van der Waals surface area contributed by atoms with E-state index in [2.05, 4.69) is 25.9 Å². The molecule has 0 bridgehead atoms. The minimum atomic E-state index is -1.12. The van der Waals surface area contributed by atoms with Crippen LogP contribution in [0, 0.1) is 42.2 Å². The second kappa shape index (κ2) is 18.7. The third-order valence-corrected chi connectivity index (χ3v) is 4.15. The number of carbonyl (C=O) groups excluding carboxylic acids is 2. The van der Waals surface area contributed by atoms with Crippen molar-refractivity contribution in [2.75, 3.05) is 26.4 Å². The van der Waals surface area contributed by atoms with Gasteiger partial charge in [0.15, 0.2) is 0 Å². The van der Waals surface area contributed by atoms with Crippen LogP contribution in [0.25, 0.3) is 6.08 Å². The van der Waals surface area contributed by atoms with Gasteiger partial charge in [-0.05, 0) is 18.2 Å². The SMILES string of the molecule is C=Cc1cc(OC(=O)CC(CO[N+](=O)[O-])CO[N+](=O)[O-])ccc1OC(=O)CC(CON)CO[N+](=O)[O-].CC. The molecule has 0 aliphatic heterocycles. The predicted octanol–water partition coefficient (Wildman–Crippen LogP) is 1.69. The first-order chi connectivity index (χ1) is 18.0. The lowest BCUT2D eigenvalue weighted by atomic mass is 10.1. The molecule has 0 spiro atoms. The average Bonchev–Trinajstić information content (AvgIpc) is 2.86. The highest BCUT2D eigenvalue weighted by atomic mass is 17.0. The van der Waals surface area contributed by atoms with E-state index in [-0.39, 0.29) is 30.1 Å². The molecule has 1 atom stereocenters. The number of rotatable bonds is 18. The molecule has 0 aliphatic rings. The fourth-order valence-corrected chi connectivity index (χ4v) is 2.62. The van der Waals surface area contributed by atoms with Gasteiger partial charge in [0.25, 0.3) is 15.3 Å². The summed E-state index contributed by atoms with van der Waals surface area (Å²) in [6.07, 6.45) is 0.436. The largest absolute Gasteiger partial charge is 0.426 e. The smallest absolute Gasteiger partial charge is 0.311 e. The van der Waals surface area contributed by atoms with Crippen LogP contribution in [0.2, 0.25) is 0 Å². The summed E-state index contributed by atoms with van der Waals surface area (Å²) in [6.45, 7) is 5.60. The lowest BCUT2D eigenvalue weighted by Crippen LogP contribution is -2.25. The van der Waals surface area contributed by atoms with Crippen molar-refractivity contribution < 1.29 is 53.7 Å². The number of hydrogen-bond donors (Lipinski definition) is 1. The first-order valence-corrected chi connectivity index (χ1v) is 10.8. The van der Waals surface area contributed by atoms with Crippen LogP contribution in [-0.2, 0) is 28.9 Å². The van der Waals surface area contributed by atoms with Crippen molar-refractivity contribution in [1.29, 1.82) is 0 Å². The summed E-state index contributed by atoms with van der Waals surface area (Å²) >= 11 is 0. The van der Waals surface area contributed by atoms with Crippen molar-refractivity contribution in [2.24, 2.45) is 17.7 Å². The number of nitrogens with two attached hydrogens (primary N) is 1. The average molecular weight is 548 g/mol. The Morgan fingerprint density at radius 1 is 0.868 bits per heavy atom. The maximum atomic E-state index is 12.2. The maximum absolute atomic E-state index is 12.2. The van der Waals surface area contributed by atoms with Gasteiger partial charge in [-0.2, -0.15) is 0 Å². The van der Waals surface area contributed by atoms with Crippen LogP contribution in [0.5, 0.6) is 11.5 Å². The molecule has 1 aromatic carbocycles. The fraction of sp³-hybridized carbons (Fsp3) is 0.500. The van der Waals surface area contributed by atoms with E-state index in [1.807, 2.05) is 13.8 Å². The van der Waals surface area contributed by atoms with Crippen LogP contribution in [0.1, 0.15) is 32.3 Å². The van der Waals surface area contributed by atoms with Gasteiger partial charge in [-0.25, -0.2) is 5.90 Å². The molecule has 1 aromatic rings. The van der Waals surface area contributed by atoms with Crippen LogP contribution in [-0.4, -0.2) is 53.6 Å². The molecular formula is C20H28N4O14. The highest BCUT2D eigenvalue weighted by molar-refractivity contribution is 5.76. The Kier molecular flexibility index (Phi) is 16.4. The molecule has 0 fully saturated rings. The summed E-state index contributed by atoms with van der Waals surface area (Å²) < 4.78 is 10.3. The molecular weight excluding hydrogens is 520 g/mol. The van der Waals surface area contributed by atoms with Crippen LogP contribution >= 0.6 is 0 Å². The van der Waals surface area contributed by atoms with Gasteiger partial charge in [0.05, 0.1) is 19.4 Å². The number of esters is 2. The summed E-state index contributed by atoms with van der Waals surface area (Å²) in [5.41, 5.74) is 0.228. The number of ether oxygens (including phenoxy) is 2. The topological polar surface area (TPSA) is 245 Å². The Hall–Kier alpha value is -4.58. The first kappa shape index (κ1) is 33.4. The zero-order chi connectivity index (χ0) is 29.1. The fourth-order valence-electron chi connectivity index (χ4n) is 2.62. The van der Waals surface area contributed by atoms with E-state index in [0.29, 0.717) is 0 Å². The van der Waals surface area contributed by atoms with Crippen molar-refractivity contribution in [3.63, 3.8) is 0 Å².